The molecule has 0 unspecified atom stereocenters. The molecule has 2 rings (SSSR count). The van der Waals surface area contributed by atoms with Gasteiger partial charge in [0.05, 0.1) is 13.1 Å². The van der Waals surface area contributed by atoms with Gasteiger partial charge in [0, 0.05) is 30.0 Å². The monoisotopic (exact) mass is 365 g/mol. The highest BCUT2D eigenvalue weighted by Gasteiger charge is 2.06. The van der Waals surface area contributed by atoms with Crippen LogP contribution in [0.4, 0.5) is 0 Å². The van der Waals surface area contributed by atoms with Gasteiger partial charge in [-0.25, -0.2) is 9.98 Å². The Morgan fingerprint density at radius 3 is 2.71 bits per heavy atom. The number of nitrogens with zero attached hydrogens (tertiary/aromatic N) is 3. The fourth-order valence-electron chi connectivity index (χ4n) is 1.80. The SMILES string of the molecule is CCc1cnc(CNC(=NCC(=O)N(C)C)NCc2cccs2)s1. The summed E-state index contributed by atoms with van der Waals surface area (Å²) in [6.45, 7) is 3.51. The number of aromatic nitrogens is 1. The van der Waals surface area contributed by atoms with Gasteiger partial charge in [-0.1, -0.05) is 13.0 Å². The maximum absolute atomic E-state index is 11.8. The van der Waals surface area contributed by atoms with Crippen molar-refractivity contribution in [3.8, 4) is 0 Å². The van der Waals surface area contributed by atoms with Crippen molar-refractivity contribution >= 4 is 34.5 Å². The van der Waals surface area contributed by atoms with E-state index in [0.717, 1.165) is 11.4 Å². The zero-order valence-corrected chi connectivity index (χ0v) is 15.8. The molecule has 6 nitrogen and oxygen atoms in total. The zero-order valence-electron chi connectivity index (χ0n) is 14.2. The normalized spacial score (nSPS) is 11.4. The van der Waals surface area contributed by atoms with Gasteiger partial charge in [-0.15, -0.1) is 22.7 Å². The molecule has 0 fully saturated rings. The summed E-state index contributed by atoms with van der Waals surface area (Å²) in [7, 11) is 3.46. The molecular weight excluding hydrogens is 342 g/mol. The lowest BCUT2D eigenvalue weighted by Gasteiger charge is -2.12. The summed E-state index contributed by atoms with van der Waals surface area (Å²) < 4.78 is 0. The smallest absolute Gasteiger partial charge is 0.243 e. The number of nitrogens with one attached hydrogen (secondary N) is 2. The molecule has 8 heteroatoms. The van der Waals surface area contributed by atoms with E-state index in [0.29, 0.717) is 19.0 Å². The second-order valence-electron chi connectivity index (χ2n) is 5.31. The molecule has 2 N–H and O–H groups in total. The molecule has 0 aliphatic heterocycles. The number of likely N-dealkylation sites (N-methyl/N-ethyl adjacent to an activating group) is 1. The van der Waals surface area contributed by atoms with Crippen LogP contribution in [-0.4, -0.2) is 42.4 Å². The van der Waals surface area contributed by atoms with Crippen LogP contribution in [0.1, 0.15) is 21.7 Å². The molecule has 0 aliphatic rings. The number of guanidine groups is 1. The number of thiophene rings is 1. The second-order valence-corrected chi connectivity index (χ2v) is 7.55. The van der Waals surface area contributed by atoms with E-state index in [2.05, 4.69) is 33.6 Å². The Balaban J connectivity index is 1.95. The van der Waals surface area contributed by atoms with E-state index >= 15 is 0 Å². The lowest BCUT2D eigenvalue weighted by molar-refractivity contribution is -0.127. The van der Waals surface area contributed by atoms with Crippen LogP contribution in [0.2, 0.25) is 0 Å². The Morgan fingerprint density at radius 1 is 1.29 bits per heavy atom. The highest BCUT2D eigenvalue weighted by Crippen LogP contribution is 2.12. The standard InChI is InChI=1S/C16H23N5OS2/c1-4-12-8-17-14(24-12)10-19-16(20-11-15(22)21(2)3)18-9-13-6-5-7-23-13/h5-8H,4,9-11H2,1-3H3,(H2,18,19,20). The average Bonchev–Trinajstić information content (AvgIpc) is 3.25. The molecule has 0 saturated heterocycles. The van der Waals surface area contributed by atoms with Crippen molar-refractivity contribution in [3.05, 3.63) is 38.5 Å². The number of amides is 1. The van der Waals surface area contributed by atoms with E-state index in [-0.39, 0.29) is 12.5 Å². The Kier molecular flexibility index (Phi) is 7.20. The van der Waals surface area contributed by atoms with Gasteiger partial charge in [-0.3, -0.25) is 4.79 Å². The van der Waals surface area contributed by atoms with Crippen LogP contribution >= 0.6 is 22.7 Å². The molecule has 0 radical (unpaired) electrons. The number of hydrogen-bond donors (Lipinski definition) is 2. The maximum Gasteiger partial charge on any atom is 0.243 e. The van der Waals surface area contributed by atoms with Crippen LogP contribution < -0.4 is 10.6 Å². The van der Waals surface area contributed by atoms with Crippen molar-refractivity contribution < 1.29 is 4.79 Å². The van der Waals surface area contributed by atoms with Gasteiger partial charge >= 0.3 is 0 Å². The predicted molar refractivity (Wildman–Crippen MR) is 100 cm³/mol. The van der Waals surface area contributed by atoms with Crippen molar-refractivity contribution in [2.24, 2.45) is 4.99 Å². The summed E-state index contributed by atoms with van der Waals surface area (Å²) in [6, 6.07) is 4.08. The second kappa shape index (κ2) is 9.39. The molecule has 0 spiro atoms. The van der Waals surface area contributed by atoms with Crippen LogP contribution in [0.15, 0.2) is 28.7 Å². The van der Waals surface area contributed by atoms with Crippen molar-refractivity contribution in [1.29, 1.82) is 0 Å². The van der Waals surface area contributed by atoms with Crippen molar-refractivity contribution in [1.82, 2.24) is 20.5 Å². The van der Waals surface area contributed by atoms with Crippen LogP contribution in [0, 0.1) is 0 Å². The molecule has 2 aromatic heterocycles. The summed E-state index contributed by atoms with van der Waals surface area (Å²) in [5, 5.41) is 9.56. The van der Waals surface area contributed by atoms with Crippen LogP contribution in [0.3, 0.4) is 0 Å². The average molecular weight is 366 g/mol. The Labute approximate surface area is 150 Å². The van der Waals surface area contributed by atoms with Gasteiger partial charge in [-0.05, 0) is 17.9 Å². The van der Waals surface area contributed by atoms with Crippen molar-refractivity contribution in [3.63, 3.8) is 0 Å². The van der Waals surface area contributed by atoms with E-state index in [1.165, 1.54) is 14.7 Å². The van der Waals surface area contributed by atoms with Crippen LogP contribution in [0.5, 0.6) is 0 Å². The largest absolute Gasteiger partial charge is 0.351 e. The fraction of sp³-hybridized carbons (Fsp3) is 0.438. The number of thiazole rings is 1. The third-order valence-electron chi connectivity index (χ3n) is 3.24. The Morgan fingerprint density at radius 2 is 2.08 bits per heavy atom. The first-order valence-electron chi connectivity index (χ1n) is 7.76. The molecule has 0 bridgehead atoms. The number of hydrogen-bond acceptors (Lipinski definition) is 5. The first kappa shape index (κ1) is 18.4. The minimum atomic E-state index is -0.0326. The first-order valence-corrected chi connectivity index (χ1v) is 9.46. The van der Waals surface area contributed by atoms with Gasteiger partial charge in [0.15, 0.2) is 5.96 Å². The molecule has 0 saturated carbocycles. The van der Waals surface area contributed by atoms with E-state index < -0.39 is 0 Å². The molecule has 2 heterocycles. The highest BCUT2D eigenvalue weighted by molar-refractivity contribution is 7.11. The highest BCUT2D eigenvalue weighted by atomic mass is 32.1. The van der Waals surface area contributed by atoms with E-state index in [9.17, 15) is 4.79 Å². The van der Waals surface area contributed by atoms with Gasteiger partial charge in [-0.2, -0.15) is 0 Å². The lowest BCUT2D eigenvalue weighted by atomic mass is 10.4. The fourth-order valence-corrected chi connectivity index (χ4v) is 3.25. The van der Waals surface area contributed by atoms with Crippen LogP contribution in [-0.2, 0) is 24.3 Å². The summed E-state index contributed by atoms with van der Waals surface area (Å²) >= 11 is 3.37. The van der Waals surface area contributed by atoms with E-state index in [4.69, 9.17) is 0 Å². The number of aryl methyl sites for hydroxylation is 1. The van der Waals surface area contributed by atoms with E-state index in [1.807, 2.05) is 17.6 Å². The van der Waals surface area contributed by atoms with Gasteiger partial charge in [0.2, 0.25) is 5.91 Å². The van der Waals surface area contributed by atoms with E-state index in [1.54, 1.807) is 36.8 Å². The number of rotatable bonds is 7. The molecule has 130 valence electrons. The maximum atomic E-state index is 11.8. The Bertz CT molecular complexity index is 664. The Hall–Kier alpha value is -1.93. The molecule has 1 amide bonds. The summed E-state index contributed by atoms with van der Waals surface area (Å²) in [5.74, 6) is 0.585. The molecular formula is C16H23N5OS2. The summed E-state index contributed by atoms with van der Waals surface area (Å²) in [5.41, 5.74) is 0. The third-order valence-corrected chi connectivity index (χ3v) is 5.26. The lowest BCUT2D eigenvalue weighted by Crippen LogP contribution is -2.37. The minimum absolute atomic E-state index is 0.0326. The molecule has 2 aromatic rings. The van der Waals surface area contributed by atoms with Gasteiger partial charge < -0.3 is 15.5 Å². The predicted octanol–water partition coefficient (Wildman–Crippen LogP) is 2.09. The topological polar surface area (TPSA) is 69.6 Å². The van der Waals surface area contributed by atoms with Crippen molar-refractivity contribution in [2.45, 2.75) is 26.4 Å². The summed E-state index contributed by atoms with van der Waals surface area (Å²) in [6.07, 6.45) is 2.90. The quantitative estimate of drug-likeness (QED) is 0.582. The number of carbonyl (C=O) groups is 1. The molecule has 0 aromatic carbocycles. The molecule has 24 heavy (non-hydrogen) atoms. The minimum Gasteiger partial charge on any atom is -0.351 e. The van der Waals surface area contributed by atoms with Crippen molar-refractivity contribution in [2.75, 3.05) is 20.6 Å². The number of aliphatic imine (C=N–C) groups is 1. The van der Waals surface area contributed by atoms with Crippen LogP contribution in [0.25, 0.3) is 0 Å². The molecule has 0 atom stereocenters. The van der Waals surface area contributed by atoms with Gasteiger partial charge in [0.25, 0.3) is 0 Å². The first-order chi connectivity index (χ1) is 11.6. The zero-order chi connectivity index (χ0) is 17.4. The summed E-state index contributed by atoms with van der Waals surface area (Å²) in [4.78, 5) is 24.5. The molecule has 0 aliphatic carbocycles. The van der Waals surface area contributed by atoms with Gasteiger partial charge in [0.1, 0.15) is 11.6 Å². The number of carbonyl (C=O) groups excluding carboxylic acids is 1. The third kappa shape index (κ3) is 5.93.